The standard InChI is InChI=1S/C45H33N3S3/c1-4-25-7-13-37-31(19-25)34-22-28(10-16-40(34)49-37)43-46-44(29-11-17-41-35(23-29)32-20-26(5-2)8-14-38(32)50-41)48-45(47-43)30-12-18-42-36(24-30)33-21-27(6-3)9-15-39(33)51-42/h7-24H,4-6H2,1-3H3. The van der Waals surface area contributed by atoms with Crippen molar-refractivity contribution >= 4 is 94.5 Å². The third-order valence-corrected chi connectivity index (χ3v) is 13.7. The van der Waals surface area contributed by atoms with Gasteiger partial charge in [0.1, 0.15) is 0 Å². The van der Waals surface area contributed by atoms with E-state index in [1.807, 2.05) is 34.0 Å². The molecular weight excluding hydrogens is 679 g/mol. The van der Waals surface area contributed by atoms with E-state index in [9.17, 15) is 0 Å². The Morgan fingerprint density at radius 3 is 0.863 bits per heavy atom. The Morgan fingerprint density at radius 1 is 0.333 bits per heavy atom. The zero-order valence-corrected chi connectivity index (χ0v) is 31.0. The molecule has 0 fully saturated rings. The summed E-state index contributed by atoms with van der Waals surface area (Å²) < 4.78 is 7.75. The summed E-state index contributed by atoms with van der Waals surface area (Å²) in [5.41, 5.74) is 7.04. The molecule has 6 aromatic carbocycles. The first-order valence-electron chi connectivity index (χ1n) is 17.7. The lowest BCUT2D eigenvalue weighted by molar-refractivity contribution is 1.08. The topological polar surface area (TPSA) is 38.7 Å². The highest BCUT2D eigenvalue weighted by Crippen LogP contribution is 2.40. The first kappa shape index (κ1) is 30.8. The molecular formula is C45H33N3S3. The zero-order valence-electron chi connectivity index (χ0n) is 28.6. The molecule has 0 aliphatic rings. The molecule has 0 saturated carbocycles. The van der Waals surface area contributed by atoms with Gasteiger partial charge in [0, 0.05) is 77.2 Å². The number of hydrogen-bond acceptors (Lipinski definition) is 6. The highest BCUT2D eigenvalue weighted by Gasteiger charge is 2.17. The number of fused-ring (bicyclic) bond motifs is 9. The van der Waals surface area contributed by atoms with E-state index >= 15 is 0 Å². The number of hydrogen-bond donors (Lipinski definition) is 0. The summed E-state index contributed by atoms with van der Waals surface area (Å²) in [5, 5.41) is 7.65. The van der Waals surface area contributed by atoms with Gasteiger partial charge in [0.2, 0.25) is 0 Å². The molecule has 4 heterocycles. The van der Waals surface area contributed by atoms with Gasteiger partial charge in [-0.2, -0.15) is 0 Å². The molecule has 0 atom stereocenters. The van der Waals surface area contributed by atoms with E-state index < -0.39 is 0 Å². The van der Waals surface area contributed by atoms with Crippen LogP contribution >= 0.6 is 34.0 Å². The van der Waals surface area contributed by atoms with Crippen LogP contribution < -0.4 is 0 Å². The molecule has 0 unspecified atom stereocenters. The van der Waals surface area contributed by atoms with Gasteiger partial charge in [-0.25, -0.2) is 15.0 Å². The fourth-order valence-corrected chi connectivity index (χ4v) is 10.5. The number of nitrogens with zero attached hydrogens (tertiary/aromatic N) is 3. The van der Waals surface area contributed by atoms with Crippen LogP contribution in [0.25, 0.3) is 94.7 Å². The summed E-state index contributed by atoms with van der Waals surface area (Å²) in [6, 6.07) is 40.6. The van der Waals surface area contributed by atoms with E-state index in [0.29, 0.717) is 17.5 Å². The molecule has 246 valence electrons. The van der Waals surface area contributed by atoms with Crippen LogP contribution in [0.15, 0.2) is 109 Å². The average Bonchev–Trinajstić information content (AvgIpc) is 3.86. The second kappa shape index (κ2) is 12.1. The van der Waals surface area contributed by atoms with Crippen LogP contribution in [-0.2, 0) is 19.3 Å². The lowest BCUT2D eigenvalue weighted by Crippen LogP contribution is -2.00. The second-order valence-electron chi connectivity index (χ2n) is 13.3. The van der Waals surface area contributed by atoms with Crippen LogP contribution in [0.2, 0.25) is 0 Å². The predicted octanol–water partition coefficient (Wildman–Crippen LogP) is 13.7. The molecule has 0 spiro atoms. The Morgan fingerprint density at radius 2 is 0.588 bits per heavy atom. The van der Waals surface area contributed by atoms with Gasteiger partial charge in [0.25, 0.3) is 0 Å². The Labute approximate surface area is 307 Å². The maximum absolute atomic E-state index is 5.22. The molecule has 0 N–H and O–H groups in total. The first-order valence-corrected chi connectivity index (χ1v) is 20.1. The van der Waals surface area contributed by atoms with Crippen LogP contribution in [0.4, 0.5) is 0 Å². The Hall–Kier alpha value is -5.01. The van der Waals surface area contributed by atoms with E-state index in [1.54, 1.807) is 0 Å². The van der Waals surface area contributed by atoms with Gasteiger partial charge in [0.15, 0.2) is 17.5 Å². The van der Waals surface area contributed by atoms with Crippen LogP contribution in [0, 0.1) is 0 Å². The normalized spacial score (nSPS) is 12.1. The number of aromatic nitrogens is 3. The van der Waals surface area contributed by atoms with Gasteiger partial charge >= 0.3 is 0 Å². The van der Waals surface area contributed by atoms with Crippen molar-refractivity contribution in [2.24, 2.45) is 0 Å². The van der Waals surface area contributed by atoms with E-state index in [2.05, 4.69) is 130 Å². The third kappa shape index (κ3) is 5.16. The minimum absolute atomic E-state index is 0.690. The number of benzene rings is 6. The molecule has 4 aromatic heterocycles. The molecule has 3 nitrogen and oxygen atoms in total. The van der Waals surface area contributed by atoms with Crippen molar-refractivity contribution < 1.29 is 0 Å². The minimum atomic E-state index is 0.690. The van der Waals surface area contributed by atoms with E-state index in [-0.39, 0.29) is 0 Å². The molecule has 0 radical (unpaired) electrons. The Bertz CT molecular complexity index is 2660. The van der Waals surface area contributed by atoms with Gasteiger partial charge in [0.05, 0.1) is 0 Å². The lowest BCUT2D eigenvalue weighted by atomic mass is 10.0. The van der Waals surface area contributed by atoms with E-state index in [4.69, 9.17) is 15.0 Å². The minimum Gasteiger partial charge on any atom is -0.208 e. The largest absolute Gasteiger partial charge is 0.208 e. The molecule has 0 aliphatic carbocycles. The molecule has 51 heavy (non-hydrogen) atoms. The number of rotatable bonds is 6. The summed E-state index contributed by atoms with van der Waals surface area (Å²) in [7, 11) is 0. The van der Waals surface area contributed by atoms with Gasteiger partial charge in [-0.05, 0) is 127 Å². The van der Waals surface area contributed by atoms with Crippen LogP contribution in [0.1, 0.15) is 37.5 Å². The van der Waals surface area contributed by atoms with Crippen LogP contribution in [-0.4, -0.2) is 15.0 Å². The molecule has 0 amide bonds. The van der Waals surface area contributed by atoms with Crippen molar-refractivity contribution in [3.05, 3.63) is 126 Å². The average molecular weight is 712 g/mol. The Balaban J connectivity index is 1.19. The fourth-order valence-electron chi connectivity index (χ4n) is 7.31. The SMILES string of the molecule is CCc1ccc2sc3ccc(-c4nc(-c5ccc6sc7ccc(CC)cc7c6c5)nc(-c5ccc6sc7ccc(CC)cc7c6c5)n4)cc3c2c1. The van der Waals surface area contributed by atoms with Crippen molar-refractivity contribution in [2.75, 3.05) is 0 Å². The monoisotopic (exact) mass is 711 g/mol. The van der Waals surface area contributed by atoms with Gasteiger partial charge in [-0.1, -0.05) is 39.0 Å². The highest BCUT2D eigenvalue weighted by atomic mass is 32.1. The molecule has 0 aliphatic heterocycles. The second-order valence-corrected chi connectivity index (χ2v) is 16.5. The maximum Gasteiger partial charge on any atom is 0.164 e. The first-order chi connectivity index (χ1) is 25.0. The number of thiophene rings is 3. The van der Waals surface area contributed by atoms with Gasteiger partial charge < -0.3 is 0 Å². The predicted molar refractivity (Wildman–Crippen MR) is 223 cm³/mol. The summed E-state index contributed by atoms with van der Waals surface area (Å²) in [4.78, 5) is 15.7. The van der Waals surface area contributed by atoms with Crippen LogP contribution in [0.5, 0.6) is 0 Å². The number of aryl methyl sites for hydroxylation is 3. The van der Waals surface area contributed by atoms with E-state index in [0.717, 1.165) is 36.0 Å². The summed E-state index contributed by atoms with van der Waals surface area (Å²) in [6.07, 6.45) is 3.04. The molecule has 10 aromatic rings. The van der Waals surface area contributed by atoms with Crippen LogP contribution in [0.3, 0.4) is 0 Å². The fraction of sp³-hybridized carbons (Fsp3) is 0.133. The van der Waals surface area contributed by atoms with Crippen molar-refractivity contribution in [2.45, 2.75) is 40.0 Å². The van der Waals surface area contributed by atoms with Crippen molar-refractivity contribution in [3.8, 4) is 34.2 Å². The van der Waals surface area contributed by atoms with Crippen molar-refractivity contribution in [1.82, 2.24) is 15.0 Å². The molecule has 10 rings (SSSR count). The van der Waals surface area contributed by atoms with Crippen molar-refractivity contribution in [3.63, 3.8) is 0 Å². The zero-order chi connectivity index (χ0) is 34.2. The summed E-state index contributed by atoms with van der Waals surface area (Å²) in [6.45, 7) is 6.65. The highest BCUT2D eigenvalue weighted by molar-refractivity contribution is 7.26. The Kier molecular flexibility index (Phi) is 7.28. The molecule has 0 saturated heterocycles. The molecule has 6 heteroatoms. The molecule has 0 bridgehead atoms. The van der Waals surface area contributed by atoms with Gasteiger partial charge in [-0.15, -0.1) is 34.0 Å². The quantitative estimate of drug-likeness (QED) is 0.172. The summed E-state index contributed by atoms with van der Waals surface area (Å²) in [5.74, 6) is 2.07. The maximum atomic E-state index is 5.22. The third-order valence-electron chi connectivity index (χ3n) is 10.2. The van der Waals surface area contributed by atoms with Gasteiger partial charge in [-0.3, -0.25) is 0 Å². The van der Waals surface area contributed by atoms with E-state index in [1.165, 1.54) is 77.2 Å². The smallest absolute Gasteiger partial charge is 0.164 e. The lowest BCUT2D eigenvalue weighted by Gasteiger charge is -2.09. The van der Waals surface area contributed by atoms with Crippen molar-refractivity contribution in [1.29, 1.82) is 0 Å². The summed E-state index contributed by atoms with van der Waals surface area (Å²) >= 11 is 5.53.